The molecule has 2 fully saturated rings. The number of hydrogen-bond donors (Lipinski definition) is 1. The first-order valence-electron chi connectivity index (χ1n) is 11.7. The van der Waals surface area contributed by atoms with Gasteiger partial charge in [0.1, 0.15) is 11.3 Å². The zero-order valence-corrected chi connectivity index (χ0v) is 20.6. The smallest absolute Gasteiger partial charge is 0.250 e. The zero-order chi connectivity index (χ0) is 25.2. The number of nitrogens with one attached hydrogen (secondary N) is 1. The van der Waals surface area contributed by atoms with Crippen LogP contribution in [0.3, 0.4) is 0 Å². The normalized spacial score (nSPS) is 27.2. The van der Waals surface area contributed by atoms with Crippen molar-refractivity contribution in [2.45, 2.75) is 17.9 Å². The minimum Gasteiger partial charge on any atom is -0.497 e. The minimum atomic E-state index is -1.16. The lowest BCUT2D eigenvalue weighted by atomic mass is 9.64. The number of anilines is 2. The quantitative estimate of drug-likeness (QED) is 0.545. The van der Waals surface area contributed by atoms with Gasteiger partial charge in [-0.05, 0) is 55.1 Å². The predicted molar refractivity (Wildman–Crippen MR) is 136 cm³/mol. The Hall–Kier alpha value is -3.68. The van der Waals surface area contributed by atoms with Crippen molar-refractivity contribution in [3.8, 4) is 5.75 Å². The molecule has 0 saturated carbocycles. The molecule has 0 unspecified atom stereocenters. The second kappa shape index (κ2) is 7.91. The van der Waals surface area contributed by atoms with Crippen LogP contribution in [0.25, 0.3) is 0 Å². The molecular weight excluding hydrogens is 478 g/mol. The predicted octanol–water partition coefficient (Wildman–Crippen LogP) is 4.18. The summed E-state index contributed by atoms with van der Waals surface area (Å²) in [5.74, 6) is -0.747. The summed E-state index contributed by atoms with van der Waals surface area (Å²) in [5, 5.41) is 3.55. The van der Waals surface area contributed by atoms with E-state index in [0.717, 1.165) is 16.8 Å². The van der Waals surface area contributed by atoms with Crippen molar-refractivity contribution in [1.29, 1.82) is 0 Å². The molecule has 3 aliphatic rings. The fourth-order valence-electron chi connectivity index (χ4n) is 6.51. The van der Waals surface area contributed by atoms with Crippen molar-refractivity contribution < 1.29 is 19.1 Å². The number of likely N-dealkylation sites (tertiary alicyclic amines) is 1. The molecule has 7 nitrogen and oxygen atoms in total. The highest BCUT2D eigenvalue weighted by Gasteiger charge is 2.73. The van der Waals surface area contributed by atoms with Crippen molar-refractivity contribution in [2.24, 2.45) is 5.41 Å². The molecule has 182 valence electrons. The number of ether oxygens (including phenoxy) is 1. The summed E-state index contributed by atoms with van der Waals surface area (Å²) in [6.07, 6.45) is -0.00725. The number of carbonyl (C=O) groups excluding carboxylic acids is 3. The first kappa shape index (κ1) is 22.8. The maximum absolute atomic E-state index is 14.3. The Balaban J connectivity index is 1.57. The molecule has 6 rings (SSSR count). The van der Waals surface area contributed by atoms with E-state index in [9.17, 15) is 14.4 Å². The molecule has 0 aromatic heterocycles. The Bertz CT molecular complexity index is 1410. The molecule has 2 spiro atoms. The van der Waals surface area contributed by atoms with Crippen LogP contribution in [0, 0.1) is 5.41 Å². The summed E-state index contributed by atoms with van der Waals surface area (Å²) < 4.78 is 5.36. The maximum atomic E-state index is 14.3. The molecule has 0 bridgehead atoms. The van der Waals surface area contributed by atoms with Crippen LogP contribution in [0.5, 0.6) is 5.75 Å². The Kier molecular flexibility index (Phi) is 5.00. The third-order valence-electron chi connectivity index (χ3n) is 7.90. The number of nitrogens with zero attached hydrogens (tertiary/aromatic N) is 2. The van der Waals surface area contributed by atoms with E-state index in [1.807, 2.05) is 60.5 Å². The Morgan fingerprint density at radius 1 is 0.972 bits per heavy atom. The van der Waals surface area contributed by atoms with E-state index in [4.69, 9.17) is 16.3 Å². The number of hydrogen-bond acceptors (Lipinski definition) is 5. The summed E-state index contributed by atoms with van der Waals surface area (Å²) in [5.41, 5.74) is 0.494. The third kappa shape index (κ3) is 2.87. The minimum absolute atomic E-state index is 0.00725. The van der Waals surface area contributed by atoms with Crippen LogP contribution in [0.15, 0.2) is 72.8 Å². The molecule has 0 radical (unpaired) electrons. The Morgan fingerprint density at radius 2 is 1.67 bits per heavy atom. The molecular formula is C28H24ClN3O4. The standard InChI is InChI=1S/C28H24ClN3O4/c1-31-16-27(15-23(33)32(26(27)35)19-11-9-18(29)10-12-19)24(17-7-13-20(36-2)14-8-17)28(31)21-5-3-4-6-22(21)30-25(28)34/h3-14,24H,15-16H2,1-2H3,(H,30,34)/t24-,27+,28+/m0/s1. The van der Waals surface area contributed by atoms with Gasteiger partial charge in [0.15, 0.2) is 0 Å². The van der Waals surface area contributed by atoms with E-state index in [2.05, 4.69) is 5.32 Å². The van der Waals surface area contributed by atoms with Gasteiger partial charge < -0.3 is 10.1 Å². The number of benzene rings is 3. The Labute approximate surface area is 213 Å². The van der Waals surface area contributed by atoms with Gasteiger partial charge in [-0.1, -0.05) is 41.9 Å². The molecule has 0 aliphatic carbocycles. The van der Waals surface area contributed by atoms with Gasteiger partial charge in [-0.25, -0.2) is 4.90 Å². The number of para-hydroxylation sites is 1. The highest BCUT2D eigenvalue weighted by Crippen LogP contribution is 2.64. The van der Waals surface area contributed by atoms with Gasteiger partial charge in [0.25, 0.3) is 0 Å². The summed E-state index contributed by atoms with van der Waals surface area (Å²) in [7, 11) is 3.45. The average Bonchev–Trinajstić information content (AvgIpc) is 3.42. The first-order valence-corrected chi connectivity index (χ1v) is 12.1. The number of rotatable bonds is 3. The van der Waals surface area contributed by atoms with Gasteiger partial charge in [-0.15, -0.1) is 0 Å². The molecule has 3 atom stereocenters. The molecule has 3 aliphatic heterocycles. The summed E-state index contributed by atoms with van der Waals surface area (Å²) in [6.45, 7) is 0.250. The number of likely N-dealkylation sites (N-methyl/N-ethyl adjacent to an activating group) is 1. The topological polar surface area (TPSA) is 79.0 Å². The van der Waals surface area contributed by atoms with Crippen LogP contribution in [0.4, 0.5) is 11.4 Å². The maximum Gasteiger partial charge on any atom is 0.250 e. The Morgan fingerprint density at radius 3 is 2.36 bits per heavy atom. The van der Waals surface area contributed by atoms with E-state index in [-0.39, 0.29) is 30.7 Å². The molecule has 3 aromatic carbocycles. The number of fused-ring (bicyclic) bond motifs is 2. The number of amides is 3. The van der Waals surface area contributed by atoms with E-state index in [1.165, 1.54) is 4.90 Å². The van der Waals surface area contributed by atoms with E-state index < -0.39 is 16.9 Å². The van der Waals surface area contributed by atoms with Crippen molar-refractivity contribution in [1.82, 2.24) is 4.90 Å². The lowest BCUT2D eigenvalue weighted by molar-refractivity contribution is -0.127. The summed E-state index contributed by atoms with van der Waals surface area (Å²) in [6, 6.07) is 21.7. The molecule has 8 heteroatoms. The number of halogens is 1. The highest BCUT2D eigenvalue weighted by molar-refractivity contribution is 6.31. The van der Waals surface area contributed by atoms with Crippen LogP contribution in [0.1, 0.15) is 23.5 Å². The molecule has 3 aromatic rings. The van der Waals surface area contributed by atoms with E-state index in [1.54, 1.807) is 31.4 Å². The summed E-state index contributed by atoms with van der Waals surface area (Å²) >= 11 is 6.05. The third-order valence-corrected chi connectivity index (χ3v) is 8.15. The van der Waals surface area contributed by atoms with Gasteiger partial charge in [0, 0.05) is 35.2 Å². The molecule has 36 heavy (non-hydrogen) atoms. The molecule has 3 heterocycles. The van der Waals surface area contributed by atoms with Crippen LogP contribution < -0.4 is 15.0 Å². The zero-order valence-electron chi connectivity index (χ0n) is 19.8. The van der Waals surface area contributed by atoms with Crippen molar-refractivity contribution in [2.75, 3.05) is 30.9 Å². The van der Waals surface area contributed by atoms with Crippen LogP contribution >= 0.6 is 11.6 Å². The fraction of sp³-hybridized carbons (Fsp3) is 0.250. The lowest BCUT2D eigenvalue weighted by Gasteiger charge is -2.38. The SMILES string of the molecule is COc1ccc([C@H]2[C@@]3(CC(=O)N(c4ccc(Cl)cc4)C3=O)CN(C)[C@@]23C(=O)Nc2ccccc23)cc1. The number of imide groups is 1. The molecule has 3 amide bonds. The monoisotopic (exact) mass is 501 g/mol. The van der Waals surface area contributed by atoms with E-state index in [0.29, 0.717) is 16.5 Å². The fourth-order valence-corrected chi connectivity index (χ4v) is 6.63. The molecule has 2 saturated heterocycles. The van der Waals surface area contributed by atoms with Crippen molar-refractivity contribution in [3.05, 3.63) is 88.9 Å². The van der Waals surface area contributed by atoms with Crippen LogP contribution in [0.2, 0.25) is 5.02 Å². The van der Waals surface area contributed by atoms with Gasteiger partial charge in [0.2, 0.25) is 17.7 Å². The van der Waals surface area contributed by atoms with Crippen LogP contribution in [-0.4, -0.2) is 43.3 Å². The first-order chi connectivity index (χ1) is 17.3. The number of carbonyl (C=O) groups is 3. The van der Waals surface area contributed by atoms with E-state index >= 15 is 0 Å². The van der Waals surface area contributed by atoms with Gasteiger partial charge in [-0.3, -0.25) is 19.3 Å². The van der Waals surface area contributed by atoms with Crippen molar-refractivity contribution >= 4 is 40.7 Å². The summed E-state index contributed by atoms with van der Waals surface area (Å²) in [4.78, 5) is 44.9. The van der Waals surface area contributed by atoms with Gasteiger partial charge >= 0.3 is 0 Å². The average molecular weight is 502 g/mol. The second-order valence-corrected chi connectivity index (χ2v) is 10.1. The van der Waals surface area contributed by atoms with Crippen LogP contribution in [-0.2, 0) is 19.9 Å². The molecule has 1 N–H and O–H groups in total. The largest absolute Gasteiger partial charge is 0.497 e. The van der Waals surface area contributed by atoms with Crippen molar-refractivity contribution in [3.63, 3.8) is 0 Å². The van der Waals surface area contributed by atoms with Gasteiger partial charge in [0.05, 0.1) is 18.2 Å². The highest BCUT2D eigenvalue weighted by atomic mass is 35.5. The van der Waals surface area contributed by atoms with Gasteiger partial charge in [-0.2, -0.15) is 0 Å². The second-order valence-electron chi connectivity index (χ2n) is 9.67. The number of methoxy groups -OCH3 is 1. The lowest BCUT2D eigenvalue weighted by Crippen LogP contribution is -2.49.